The summed E-state index contributed by atoms with van der Waals surface area (Å²) in [5, 5.41) is 0. The van der Waals surface area contributed by atoms with Crippen LogP contribution in [0, 0.1) is 0 Å². The van der Waals surface area contributed by atoms with E-state index in [1.165, 1.54) is 7.11 Å². The molecular weight excluding hydrogens is 322 g/mol. The molecule has 1 amide bonds. The van der Waals surface area contributed by atoms with Crippen LogP contribution in [0.3, 0.4) is 0 Å². The number of piperidine rings is 1. The number of esters is 1. The van der Waals surface area contributed by atoms with Gasteiger partial charge < -0.3 is 19.1 Å². The van der Waals surface area contributed by atoms with E-state index in [1.54, 1.807) is 11.0 Å². The number of methoxy groups -OCH3 is 1. The number of ether oxygens (including phenoxy) is 3. The zero-order valence-corrected chi connectivity index (χ0v) is 14.4. The summed E-state index contributed by atoms with van der Waals surface area (Å²) < 4.78 is 16.2. The molecule has 1 aromatic rings. The van der Waals surface area contributed by atoms with Crippen molar-refractivity contribution >= 4 is 18.0 Å². The van der Waals surface area contributed by atoms with Crippen LogP contribution in [-0.2, 0) is 23.8 Å². The van der Waals surface area contributed by atoms with Gasteiger partial charge in [0.05, 0.1) is 26.7 Å². The summed E-state index contributed by atoms with van der Waals surface area (Å²) in [7, 11) is 1.32. The molecule has 3 rings (SSSR count). The Hall–Kier alpha value is -2.18. The van der Waals surface area contributed by atoms with E-state index in [1.807, 2.05) is 30.3 Å². The van der Waals surface area contributed by atoms with Crippen molar-refractivity contribution < 1.29 is 23.8 Å². The lowest BCUT2D eigenvalue weighted by Gasteiger charge is -2.37. The van der Waals surface area contributed by atoms with E-state index in [9.17, 15) is 9.59 Å². The molecule has 0 aliphatic carbocycles. The molecule has 25 heavy (non-hydrogen) atoms. The fourth-order valence-corrected chi connectivity index (χ4v) is 3.22. The predicted octanol–water partition coefficient (Wildman–Crippen LogP) is 2.00. The van der Waals surface area contributed by atoms with Gasteiger partial charge in [-0.25, -0.2) is 4.79 Å². The molecule has 0 saturated carbocycles. The van der Waals surface area contributed by atoms with Crippen molar-refractivity contribution in [2.24, 2.45) is 0 Å². The molecule has 2 fully saturated rings. The molecule has 0 radical (unpaired) electrons. The lowest BCUT2D eigenvalue weighted by atomic mass is 10.0. The first-order valence-corrected chi connectivity index (χ1v) is 8.51. The summed E-state index contributed by atoms with van der Waals surface area (Å²) in [5.74, 6) is -1.07. The number of amides is 1. The maximum Gasteiger partial charge on any atom is 0.334 e. The van der Waals surface area contributed by atoms with Crippen molar-refractivity contribution in [2.75, 3.05) is 33.4 Å². The summed E-state index contributed by atoms with van der Waals surface area (Å²) in [6.07, 6.45) is 3.05. The molecule has 0 aromatic heterocycles. The van der Waals surface area contributed by atoms with Crippen LogP contribution in [0.1, 0.15) is 24.8 Å². The zero-order chi connectivity index (χ0) is 17.7. The van der Waals surface area contributed by atoms with Crippen LogP contribution in [0.15, 0.2) is 35.9 Å². The third-order valence-electron chi connectivity index (χ3n) is 4.62. The number of benzene rings is 1. The van der Waals surface area contributed by atoms with Crippen molar-refractivity contribution in [3.8, 4) is 0 Å². The molecule has 0 unspecified atom stereocenters. The van der Waals surface area contributed by atoms with Gasteiger partial charge in [0.25, 0.3) is 0 Å². The van der Waals surface area contributed by atoms with Gasteiger partial charge >= 0.3 is 5.97 Å². The molecule has 0 atom stereocenters. The van der Waals surface area contributed by atoms with Crippen molar-refractivity contribution in [1.29, 1.82) is 0 Å². The van der Waals surface area contributed by atoms with E-state index in [0.29, 0.717) is 44.7 Å². The molecule has 1 aromatic carbocycles. The van der Waals surface area contributed by atoms with Gasteiger partial charge in [0, 0.05) is 31.5 Å². The summed E-state index contributed by atoms with van der Waals surface area (Å²) in [4.78, 5) is 26.4. The Morgan fingerprint density at radius 2 is 1.80 bits per heavy atom. The summed E-state index contributed by atoms with van der Waals surface area (Å²) >= 11 is 0. The molecular formula is C19H23NO5. The summed E-state index contributed by atoms with van der Waals surface area (Å²) in [6.45, 7) is 2.36. The van der Waals surface area contributed by atoms with Gasteiger partial charge in [-0.1, -0.05) is 30.3 Å². The SMILES string of the molecule is COC(=O)/C(=C/c1ccccc1)CC(=O)N1CCC2(CC1)OCCO2. The molecule has 2 aliphatic rings. The standard InChI is InChI=1S/C19H23NO5/c1-23-18(22)16(13-15-5-3-2-4-6-15)14-17(21)20-9-7-19(8-10-20)24-11-12-25-19/h2-6,13H,7-12,14H2,1H3/b16-13+. The summed E-state index contributed by atoms with van der Waals surface area (Å²) in [5.41, 5.74) is 1.22. The van der Waals surface area contributed by atoms with Gasteiger partial charge in [-0.15, -0.1) is 0 Å². The van der Waals surface area contributed by atoms with Gasteiger partial charge in [0.2, 0.25) is 5.91 Å². The Morgan fingerprint density at radius 1 is 1.16 bits per heavy atom. The van der Waals surface area contributed by atoms with Crippen LogP contribution in [0.5, 0.6) is 0 Å². The predicted molar refractivity (Wildman–Crippen MR) is 91.5 cm³/mol. The maximum absolute atomic E-state index is 12.6. The molecule has 1 spiro atoms. The third kappa shape index (κ3) is 4.27. The molecule has 0 N–H and O–H groups in total. The average molecular weight is 345 g/mol. The molecule has 2 heterocycles. The minimum Gasteiger partial charge on any atom is -0.466 e. The molecule has 6 nitrogen and oxygen atoms in total. The smallest absolute Gasteiger partial charge is 0.334 e. The van der Waals surface area contributed by atoms with Crippen LogP contribution < -0.4 is 0 Å². The van der Waals surface area contributed by atoms with E-state index >= 15 is 0 Å². The highest BCUT2D eigenvalue weighted by atomic mass is 16.7. The Morgan fingerprint density at radius 3 is 2.40 bits per heavy atom. The fraction of sp³-hybridized carbons (Fsp3) is 0.474. The Balaban J connectivity index is 1.64. The second-order valence-electron chi connectivity index (χ2n) is 6.24. The first-order chi connectivity index (χ1) is 12.1. The number of hydrogen-bond donors (Lipinski definition) is 0. The monoisotopic (exact) mass is 345 g/mol. The highest BCUT2D eigenvalue weighted by Gasteiger charge is 2.40. The molecule has 6 heteroatoms. The topological polar surface area (TPSA) is 65.1 Å². The highest BCUT2D eigenvalue weighted by Crippen LogP contribution is 2.31. The fourth-order valence-electron chi connectivity index (χ4n) is 3.22. The minimum atomic E-state index is -0.512. The minimum absolute atomic E-state index is 0.0241. The van der Waals surface area contributed by atoms with E-state index in [4.69, 9.17) is 14.2 Å². The van der Waals surface area contributed by atoms with E-state index < -0.39 is 11.8 Å². The lowest BCUT2D eigenvalue weighted by Crippen LogP contribution is -2.47. The van der Waals surface area contributed by atoms with E-state index in [0.717, 1.165) is 5.56 Å². The molecule has 0 bridgehead atoms. The largest absolute Gasteiger partial charge is 0.466 e. The lowest BCUT2D eigenvalue weighted by molar-refractivity contribution is -0.187. The highest BCUT2D eigenvalue weighted by molar-refractivity contribution is 5.99. The van der Waals surface area contributed by atoms with Gasteiger partial charge in [-0.3, -0.25) is 4.79 Å². The van der Waals surface area contributed by atoms with E-state index in [-0.39, 0.29) is 12.3 Å². The number of carbonyl (C=O) groups is 2. The van der Waals surface area contributed by atoms with Crippen molar-refractivity contribution in [3.05, 3.63) is 41.5 Å². The zero-order valence-electron chi connectivity index (χ0n) is 14.4. The number of likely N-dealkylation sites (tertiary alicyclic amines) is 1. The van der Waals surface area contributed by atoms with Crippen LogP contribution in [0.4, 0.5) is 0 Å². The quantitative estimate of drug-likeness (QED) is 0.617. The number of carbonyl (C=O) groups excluding carboxylic acids is 2. The van der Waals surface area contributed by atoms with Gasteiger partial charge in [0.15, 0.2) is 5.79 Å². The number of rotatable bonds is 4. The molecule has 134 valence electrons. The normalized spacial score (nSPS) is 19.9. The second-order valence-corrected chi connectivity index (χ2v) is 6.24. The van der Waals surface area contributed by atoms with Crippen molar-refractivity contribution in [1.82, 2.24) is 4.90 Å². The maximum atomic E-state index is 12.6. The van der Waals surface area contributed by atoms with Crippen LogP contribution in [0.2, 0.25) is 0 Å². The second kappa shape index (κ2) is 7.80. The van der Waals surface area contributed by atoms with Crippen LogP contribution in [-0.4, -0.2) is 56.0 Å². The van der Waals surface area contributed by atoms with Crippen molar-refractivity contribution in [2.45, 2.75) is 25.0 Å². The van der Waals surface area contributed by atoms with Gasteiger partial charge in [-0.2, -0.15) is 0 Å². The van der Waals surface area contributed by atoms with Gasteiger partial charge in [0.1, 0.15) is 0 Å². The Labute approximate surface area is 147 Å². The summed E-state index contributed by atoms with van der Waals surface area (Å²) in [6, 6.07) is 9.43. The Kier molecular flexibility index (Phi) is 5.50. The van der Waals surface area contributed by atoms with Crippen molar-refractivity contribution in [3.63, 3.8) is 0 Å². The molecule has 2 saturated heterocycles. The number of nitrogens with zero attached hydrogens (tertiary/aromatic N) is 1. The first-order valence-electron chi connectivity index (χ1n) is 8.51. The third-order valence-corrected chi connectivity index (χ3v) is 4.62. The number of hydrogen-bond acceptors (Lipinski definition) is 5. The van der Waals surface area contributed by atoms with E-state index in [2.05, 4.69) is 0 Å². The molecule has 2 aliphatic heterocycles. The van der Waals surface area contributed by atoms with Gasteiger partial charge in [-0.05, 0) is 11.6 Å². The Bertz CT molecular complexity index is 639. The van der Waals surface area contributed by atoms with Crippen LogP contribution in [0.25, 0.3) is 6.08 Å². The van der Waals surface area contributed by atoms with Crippen LogP contribution >= 0.6 is 0 Å². The average Bonchev–Trinajstić information content (AvgIpc) is 3.10. The first kappa shape index (κ1) is 17.6.